The van der Waals surface area contributed by atoms with E-state index in [0.29, 0.717) is 5.69 Å². The van der Waals surface area contributed by atoms with Crippen LogP contribution in [0.2, 0.25) is 0 Å². The molecule has 5 N–H and O–H groups in total. The van der Waals surface area contributed by atoms with Crippen LogP contribution in [-0.2, 0) is 14.4 Å². The van der Waals surface area contributed by atoms with Crippen molar-refractivity contribution in [3.63, 3.8) is 0 Å². The highest BCUT2D eigenvalue weighted by Gasteiger charge is 2.83. The molecule has 0 aromatic heterocycles. The number of nitrogens with two attached hydrogens (primary N) is 1. The number of fused-ring (bicyclic) bond motifs is 1. The van der Waals surface area contributed by atoms with Crippen LogP contribution in [0.3, 0.4) is 0 Å². The lowest BCUT2D eigenvalue weighted by atomic mass is 9.80. The van der Waals surface area contributed by atoms with Crippen molar-refractivity contribution < 1.29 is 24.6 Å². The fraction of sp³-hybridized carbons (Fsp3) is 0.471. The summed E-state index contributed by atoms with van der Waals surface area (Å²) in [5.74, 6) is -4.97. The SMILES string of the molecule is Cc1ccc(NC(=O)C2CC(N)(C(=O)O)C3(C)C(C(=O)O)C23)cc1. The summed E-state index contributed by atoms with van der Waals surface area (Å²) >= 11 is 0. The zero-order chi connectivity index (χ0) is 17.9. The van der Waals surface area contributed by atoms with E-state index in [1.165, 1.54) is 0 Å². The van der Waals surface area contributed by atoms with Crippen molar-refractivity contribution in [1.82, 2.24) is 0 Å². The number of hydrogen-bond donors (Lipinski definition) is 4. The first-order valence-corrected chi connectivity index (χ1v) is 7.75. The Balaban J connectivity index is 1.86. The van der Waals surface area contributed by atoms with Gasteiger partial charge in [-0.1, -0.05) is 24.6 Å². The molecule has 1 amide bonds. The van der Waals surface area contributed by atoms with Gasteiger partial charge in [-0.05, 0) is 31.4 Å². The van der Waals surface area contributed by atoms with Crippen LogP contribution in [0.1, 0.15) is 18.9 Å². The van der Waals surface area contributed by atoms with Crippen molar-refractivity contribution in [3.8, 4) is 0 Å². The van der Waals surface area contributed by atoms with Crippen molar-refractivity contribution >= 4 is 23.5 Å². The first kappa shape index (κ1) is 16.4. The third kappa shape index (κ3) is 2.04. The van der Waals surface area contributed by atoms with E-state index in [1.807, 2.05) is 19.1 Å². The van der Waals surface area contributed by atoms with Crippen molar-refractivity contribution in [1.29, 1.82) is 0 Å². The molecule has 2 saturated carbocycles. The molecule has 0 radical (unpaired) electrons. The molecule has 1 aromatic rings. The summed E-state index contributed by atoms with van der Waals surface area (Å²) in [4.78, 5) is 35.7. The van der Waals surface area contributed by atoms with Crippen LogP contribution in [0.25, 0.3) is 0 Å². The highest BCUT2D eigenvalue weighted by atomic mass is 16.4. The minimum absolute atomic E-state index is 0.0645. The van der Waals surface area contributed by atoms with Crippen LogP contribution in [0, 0.1) is 30.1 Å². The molecule has 5 unspecified atom stereocenters. The van der Waals surface area contributed by atoms with Gasteiger partial charge in [0.2, 0.25) is 5.91 Å². The maximum Gasteiger partial charge on any atom is 0.324 e. The maximum atomic E-state index is 12.6. The van der Waals surface area contributed by atoms with Gasteiger partial charge in [0.15, 0.2) is 0 Å². The summed E-state index contributed by atoms with van der Waals surface area (Å²) in [5, 5.41) is 21.6. The summed E-state index contributed by atoms with van der Waals surface area (Å²) in [5.41, 5.74) is 4.86. The molecule has 2 aliphatic rings. The molecule has 0 bridgehead atoms. The number of nitrogens with one attached hydrogen (secondary N) is 1. The molecule has 1 aromatic carbocycles. The Bertz CT molecular complexity index is 731. The lowest BCUT2D eigenvalue weighted by Gasteiger charge is -2.29. The number of carbonyl (C=O) groups is 3. The molecule has 128 valence electrons. The van der Waals surface area contributed by atoms with E-state index in [0.717, 1.165) is 5.56 Å². The number of amides is 1. The summed E-state index contributed by atoms with van der Waals surface area (Å²) in [6, 6.07) is 7.18. The molecule has 24 heavy (non-hydrogen) atoms. The molecular formula is C17H20N2O5. The van der Waals surface area contributed by atoms with Crippen LogP contribution in [-0.4, -0.2) is 33.6 Å². The third-order valence-electron chi connectivity index (χ3n) is 5.83. The molecule has 7 heteroatoms. The summed E-state index contributed by atoms with van der Waals surface area (Å²) in [7, 11) is 0. The quantitative estimate of drug-likeness (QED) is 0.652. The van der Waals surface area contributed by atoms with Gasteiger partial charge in [0.25, 0.3) is 0 Å². The third-order valence-corrected chi connectivity index (χ3v) is 5.83. The number of rotatable bonds is 4. The van der Waals surface area contributed by atoms with E-state index in [-0.39, 0.29) is 12.3 Å². The van der Waals surface area contributed by atoms with E-state index < -0.39 is 40.6 Å². The van der Waals surface area contributed by atoms with Crippen LogP contribution in [0.15, 0.2) is 24.3 Å². The highest BCUT2D eigenvalue weighted by Crippen LogP contribution is 2.73. The fourth-order valence-electron chi connectivity index (χ4n) is 4.32. The van der Waals surface area contributed by atoms with Crippen LogP contribution >= 0.6 is 0 Å². The maximum absolute atomic E-state index is 12.6. The Morgan fingerprint density at radius 3 is 2.29 bits per heavy atom. The van der Waals surface area contributed by atoms with Crippen molar-refractivity contribution in [3.05, 3.63) is 29.8 Å². The van der Waals surface area contributed by atoms with Crippen molar-refractivity contribution in [2.24, 2.45) is 28.9 Å². The number of carbonyl (C=O) groups excluding carboxylic acids is 1. The summed E-state index contributed by atoms with van der Waals surface area (Å²) in [6.45, 7) is 3.48. The number of aryl methyl sites for hydroxylation is 1. The van der Waals surface area contributed by atoms with Crippen molar-refractivity contribution in [2.75, 3.05) is 5.32 Å². The Morgan fingerprint density at radius 1 is 1.21 bits per heavy atom. The van der Waals surface area contributed by atoms with Gasteiger partial charge in [-0.3, -0.25) is 14.4 Å². The second-order valence-corrected chi connectivity index (χ2v) is 7.07. The van der Waals surface area contributed by atoms with Gasteiger partial charge in [-0.2, -0.15) is 0 Å². The molecular weight excluding hydrogens is 312 g/mol. The summed E-state index contributed by atoms with van der Waals surface area (Å²) < 4.78 is 0. The average molecular weight is 332 g/mol. The molecule has 2 aliphatic carbocycles. The van der Waals surface area contributed by atoms with E-state index in [9.17, 15) is 24.6 Å². The first-order valence-electron chi connectivity index (χ1n) is 7.75. The van der Waals surface area contributed by atoms with E-state index in [1.54, 1.807) is 19.1 Å². The Labute approximate surface area is 138 Å². The lowest BCUT2D eigenvalue weighted by Crippen LogP contribution is -2.55. The molecule has 7 nitrogen and oxygen atoms in total. The highest BCUT2D eigenvalue weighted by molar-refractivity contribution is 5.97. The van der Waals surface area contributed by atoms with Gasteiger partial charge in [0.05, 0.1) is 5.92 Å². The Hall–Kier alpha value is -2.41. The summed E-state index contributed by atoms with van der Waals surface area (Å²) in [6.07, 6.45) is -0.0645. The van der Waals surface area contributed by atoms with E-state index in [4.69, 9.17) is 5.73 Å². The molecule has 2 fully saturated rings. The number of benzene rings is 1. The van der Waals surface area contributed by atoms with Gasteiger partial charge in [-0.15, -0.1) is 0 Å². The number of anilines is 1. The minimum atomic E-state index is -1.71. The smallest absolute Gasteiger partial charge is 0.324 e. The van der Waals surface area contributed by atoms with Gasteiger partial charge in [0.1, 0.15) is 5.54 Å². The number of aliphatic carboxylic acids is 2. The average Bonchev–Trinajstić information content (AvgIpc) is 3.06. The molecule has 0 saturated heterocycles. The number of hydrogen-bond acceptors (Lipinski definition) is 4. The van der Waals surface area contributed by atoms with Crippen molar-refractivity contribution in [2.45, 2.75) is 25.8 Å². The second kappa shape index (κ2) is 5.04. The van der Waals surface area contributed by atoms with Crippen LogP contribution in [0.4, 0.5) is 5.69 Å². The molecule has 3 rings (SSSR count). The van der Waals surface area contributed by atoms with Gasteiger partial charge >= 0.3 is 11.9 Å². The largest absolute Gasteiger partial charge is 0.481 e. The van der Waals surface area contributed by atoms with Crippen LogP contribution < -0.4 is 11.1 Å². The first-order chi connectivity index (χ1) is 11.1. The topological polar surface area (TPSA) is 130 Å². The predicted molar refractivity (Wildman–Crippen MR) is 85.2 cm³/mol. The van der Waals surface area contributed by atoms with Gasteiger partial charge < -0.3 is 21.3 Å². The Kier molecular flexibility index (Phi) is 3.46. The predicted octanol–water partition coefficient (Wildman–Crippen LogP) is 1.07. The van der Waals surface area contributed by atoms with Gasteiger partial charge in [0, 0.05) is 17.0 Å². The lowest BCUT2D eigenvalue weighted by molar-refractivity contribution is -0.148. The molecule has 0 aliphatic heterocycles. The van der Waals surface area contributed by atoms with E-state index in [2.05, 4.69) is 5.32 Å². The molecule has 0 spiro atoms. The standard InChI is InChI=1S/C17H20N2O5/c1-8-3-5-9(6-4-8)19-13(20)10-7-17(18,15(23)24)16(2)11(10)12(16)14(21)22/h3-6,10-12H,7,18H2,1-2H3,(H,19,20)(H,21,22)(H,23,24). The molecule has 0 heterocycles. The number of carboxylic acid groups (broad SMARTS) is 2. The molecule has 5 atom stereocenters. The Morgan fingerprint density at radius 2 is 1.79 bits per heavy atom. The van der Waals surface area contributed by atoms with Gasteiger partial charge in [-0.25, -0.2) is 0 Å². The normalized spacial score (nSPS) is 36.7. The van der Waals surface area contributed by atoms with Crippen LogP contribution in [0.5, 0.6) is 0 Å². The monoisotopic (exact) mass is 332 g/mol. The van der Waals surface area contributed by atoms with E-state index >= 15 is 0 Å². The fourth-order valence-corrected chi connectivity index (χ4v) is 4.32. The zero-order valence-corrected chi connectivity index (χ0v) is 13.4. The zero-order valence-electron chi connectivity index (χ0n) is 13.4. The second-order valence-electron chi connectivity index (χ2n) is 7.07. The minimum Gasteiger partial charge on any atom is -0.481 e. The number of carboxylic acids is 2.